The second-order valence-corrected chi connectivity index (χ2v) is 5.84. The molecule has 18 heavy (non-hydrogen) atoms. The Morgan fingerprint density at radius 1 is 1.33 bits per heavy atom. The van der Waals surface area contributed by atoms with E-state index in [1.54, 1.807) is 0 Å². The number of nitrogens with one attached hydrogen (secondary N) is 1. The minimum absolute atomic E-state index is 0.282. The number of rotatable bonds is 5. The van der Waals surface area contributed by atoms with E-state index in [9.17, 15) is 0 Å². The van der Waals surface area contributed by atoms with Crippen molar-refractivity contribution >= 4 is 26.9 Å². The van der Waals surface area contributed by atoms with Gasteiger partial charge in [0, 0.05) is 5.39 Å². The van der Waals surface area contributed by atoms with Gasteiger partial charge in [-0.1, -0.05) is 32.9 Å². The normalized spacial score (nSPS) is 13.4. The van der Waals surface area contributed by atoms with Gasteiger partial charge in [-0.05, 0) is 46.9 Å². The number of fused-ring (bicyclic) bond motifs is 1. The van der Waals surface area contributed by atoms with Crippen LogP contribution in [0.25, 0.3) is 11.0 Å². The molecule has 0 saturated carbocycles. The van der Waals surface area contributed by atoms with Gasteiger partial charge in [-0.3, -0.25) is 0 Å². The second kappa shape index (κ2) is 5.89. The first-order valence-electron chi connectivity index (χ1n) is 6.54. The zero-order valence-corrected chi connectivity index (χ0v) is 12.8. The molecule has 2 aromatic rings. The van der Waals surface area contributed by atoms with Crippen molar-refractivity contribution in [2.75, 3.05) is 6.54 Å². The van der Waals surface area contributed by atoms with Gasteiger partial charge in [-0.15, -0.1) is 0 Å². The van der Waals surface area contributed by atoms with Crippen molar-refractivity contribution in [3.05, 3.63) is 34.5 Å². The first-order chi connectivity index (χ1) is 8.63. The van der Waals surface area contributed by atoms with Crippen LogP contribution in [0, 0.1) is 5.92 Å². The summed E-state index contributed by atoms with van der Waals surface area (Å²) in [4.78, 5) is 0. The number of hydrogen-bond donors (Lipinski definition) is 1. The molecule has 1 atom stereocenters. The molecule has 1 unspecified atom stereocenters. The Bertz CT molecular complexity index is 518. The van der Waals surface area contributed by atoms with Gasteiger partial charge in [-0.25, -0.2) is 0 Å². The molecule has 1 aromatic heterocycles. The average molecular weight is 310 g/mol. The average Bonchev–Trinajstić information content (AvgIpc) is 2.74. The summed E-state index contributed by atoms with van der Waals surface area (Å²) in [5, 5.41) is 4.71. The molecule has 0 aliphatic heterocycles. The van der Waals surface area contributed by atoms with Crippen LogP contribution < -0.4 is 5.32 Å². The third-order valence-electron chi connectivity index (χ3n) is 3.10. The highest BCUT2D eigenvalue weighted by Gasteiger charge is 2.19. The number of hydrogen-bond acceptors (Lipinski definition) is 2. The van der Waals surface area contributed by atoms with Crippen LogP contribution in [0.4, 0.5) is 0 Å². The maximum absolute atomic E-state index is 6.01. The molecule has 0 spiro atoms. The van der Waals surface area contributed by atoms with Crippen molar-refractivity contribution in [1.29, 1.82) is 0 Å². The van der Waals surface area contributed by atoms with Gasteiger partial charge in [0.1, 0.15) is 11.3 Å². The van der Waals surface area contributed by atoms with Crippen LogP contribution in [0.3, 0.4) is 0 Å². The Balaban J connectivity index is 2.35. The molecule has 1 aromatic carbocycles. The first kappa shape index (κ1) is 13.6. The summed E-state index contributed by atoms with van der Waals surface area (Å²) in [5.41, 5.74) is 0.941. The van der Waals surface area contributed by atoms with Crippen LogP contribution in [0.2, 0.25) is 0 Å². The van der Waals surface area contributed by atoms with E-state index in [2.05, 4.69) is 54.2 Å². The van der Waals surface area contributed by atoms with Crippen LogP contribution in [-0.4, -0.2) is 6.54 Å². The van der Waals surface area contributed by atoms with Gasteiger partial charge in [0.25, 0.3) is 0 Å². The zero-order chi connectivity index (χ0) is 13.1. The van der Waals surface area contributed by atoms with Crippen molar-refractivity contribution in [3.63, 3.8) is 0 Å². The SMILES string of the molecule is CCCNC(c1cc2cccc(Br)c2o1)C(C)C. The topological polar surface area (TPSA) is 25.2 Å². The molecule has 1 N–H and O–H groups in total. The molecule has 0 radical (unpaired) electrons. The van der Waals surface area contributed by atoms with Gasteiger partial charge in [0.05, 0.1) is 10.5 Å². The lowest BCUT2D eigenvalue weighted by Gasteiger charge is -2.19. The molecule has 98 valence electrons. The number of furan rings is 1. The van der Waals surface area contributed by atoms with E-state index in [4.69, 9.17) is 4.42 Å². The predicted molar refractivity (Wildman–Crippen MR) is 79.8 cm³/mol. The Morgan fingerprint density at radius 3 is 2.72 bits per heavy atom. The van der Waals surface area contributed by atoms with E-state index < -0.39 is 0 Å². The molecule has 3 heteroatoms. The summed E-state index contributed by atoms with van der Waals surface area (Å²) in [6.45, 7) is 7.63. The molecule has 2 nitrogen and oxygen atoms in total. The molecular formula is C15H20BrNO. The zero-order valence-electron chi connectivity index (χ0n) is 11.2. The number of halogens is 1. The van der Waals surface area contributed by atoms with Crippen LogP contribution in [0.1, 0.15) is 39.0 Å². The summed E-state index contributed by atoms with van der Waals surface area (Å²) < 4.78 is 7.03. The van der Waals surface area contributed by atoms with Crippen molar-refractivity contribution in [2.45, 2.75) is 33.2 Å². The smallest absolute Gasteiger partial charge is 0.148 e. The van der Waals surface area contributed by atoms with E-state index in [1.807, 2.05) is 12.1 Å². The van der Waals surface area contributed by atoms with Gasteiger partial charge < -0.3 is 9.73 Å². The summed E-state index contributed by atoms with van der Waals surface area (Å²) >= 11 is 3.53. The maximum atomic E-state index is 6.01. The van der Waals surface area contributed by atoms with Crippen molar-refractivity contribution in [3.8, 4) is 0 Å². The number of benzene rings is 1. The lowest BCUT2D eigenvalue weighted by molar-refractivity contribution is 0.351. The molecular weight excluding hydrogens is 290 g/mol. The Morgan fingerprint density at radius 2 is 2.11 bits per heavy atom. The van der Waals surface area contributed by atoms with Gasteiger partial charge in [0.2, 0.25) is 0 Å². The molecule has 0 aliphatic carbocycles. The Hall–Kier alpha value is -0.800. The maximum Gasteiger partial charge on any atom is 0.148 e. The molecule has 0 fully saturated rings. The van der Waals surface area contributed by atoms with Crippen molar-refractivity contribution < 1.29 is 4.42 Å². The van der Waals surface area contributed by atoms with Crippen LogP contribution in [-0.2, 0) is 0 Å². The highest BCUT2D eigenvalue weighted by Crippen LogP contribution is 2.32. The van der Waals surface area contributed by atoms with Gasteiger partial charge in [-0.2, -0.15) is 0 Å². The molecule has 1 heterocycles. The fraction of sp³-hybridized carbons (Fsp3) is 0.467. The summed E-state index contributed by atoms with van der Waals surface area (Å²) in [7, 11) is 0. The fourth-order valence-corrected chi connectivity index (χ4v) is 2.63. The Labute approximate surface area is 117 Å². The highest BCUT2D eigenvalue weighted by molar-refractivity contribution is 9.10. The van der Waals surface area contributed by atoms with Crippen LogP contribution in [0.5, 0.6) is 0 Å². The second-order valence-electron chi connectivity index (χ2n) is 4.98. The summed E-state index contributed by atoms with van der Waals surface area (Å²) in [5.74, 6) is 1.54. The predicted octanol–water partition coefficient (Wildman–Crippen LogP) is 4.89. The van der Waals surface area contributed by atoms with Crippen LogP contribution in [0.15, 0.2) is 33.2 Å². The molecule has 0 saturated heterocycles. The van der Waals surface area contributed by atoms with Gasteiger partial charge >= 0.3 is 0 Å². The Kier molecular flexibility index (Phi) is 4.46. The standard InChI is InChI=1S/C15H20BrNO/c1-4-8-17-14(10(2)3)13-9-11-6-5-7-12(16)15(11)18-13/h5-7,9-10,14,17H,4,8H2,1-3H3. The quantitative estimate of drug-likeness (QED) is 0.850. The minimum atomic E-state index is 0.282. The highest BCUT2D eigenvalue weighted by atomic mass is 79.9. The van der Waals surface area contributed by atoms with Crippen molar-refractivity contribution in [2.24, 2.45) is 5.92 Å². The molecule has 0 aliphatic rings. The summed E-state index contributed by atoms with van der Waals surface area (Å²) in [6, 6.07) is 8.57. The third-order valence-corrected chi connectivity index (χ3v) is 3.73. The lowest BCUT2D eigenvalue weighted by Crippen LogP contribution is -2.25. The third kappa shape index (κ3) is 2.78. The van der Waals surface area contributed by atoms with E-state index in [0.717, 1.165) is 34.2 Å². The number of para-hydroxylation sites is 1. The summed E-state index contributed by atoms with van der Waals surface area (Å²) in [6.07, 6.45) is 1.13. The van der Waals surface area contributed by atoms with Crippen LogP contribution >= 0.6 is 15.9 Å². The van der Waals surface area contributed by atoms with Crippen molar-refractivity contribution in [1.82, 2.24) is 5.32 Å². The first-order valence-corrected chi connectivity index (χ1v) is 7.34. The fourth-order valence-electron chi connectivity index (χ4n) is 2.17. The van der Waals surface area contributed by atoms with E-state index >= 15 is 0 Å². The van der Waals surface area contributed by atoms with E-state index in [0.29, 0.717) is 5.92 Å². The monoisotopic (exact) mass is 309 g/mol. The van der Waals surface area contributed by atoms with E-state index in [1.165, 1.54) is 0 Å². The largest absolute Gasteiger partial charge is 0.458 e. The lowest BCUT2D eigenvalue weighted by atomic mass is 10.0. The molecule has 0 bridgehead atoms. The minimum Gasteiger partial charge on any atom is -0.458 e. The molecule has 2 rings (SSSR count). The van der Waals surface area contributed by atoms with E-state index in [-0.39, 0.29) is 6.04 Å². The van der Waals surface area contributed by atoms with Gasteiger partial charge in [0.15, 0.2) is 0 Å². The molecule has 0 amide bonds.